The van der Waals surface area contributed by atoms with Crippen LogP contribution in [0, 0.1) is 0 Å². The van der Waals surface area contributed by atoms with Gasteiger partial charge in [0.05, 0.1) is 0 Å². The highest BCUT2D eigenvalue weighted by Gasteiger charge is 2.06. The predicted octanol–water partition coefficient (Wildman–Crippen LogP) is 2.41. The number of hydrogen-bond donors (Lipinski definition) is 1. The number of thiophene rings is 1. The molecule has 16 heavy (non-hydrogen) atoms. The van der Waals surface area contributed by atoms with E-state index in [4.69, 9.17) is 17.3 Å². The first-order valence-corrected chi connectivity index (χ1v) is 5.99. The van der Waals surface area contributed by atoms with Crippen molar-refractivity contribution in [3.05, 3.63) is 33.6 Å². The molecule has 0 bridgehead atoms. The van der Waals surface area contributed by atoms with Gasteiger partial charge in [-0.2, -0.15) is 16.3 Å². The second-order valence-electron chi connectivity index (χ2n) is 3.39. The minimum atomic E-state index is 0.194. The molecule has 2 aromatic rings. The summed E-state index contributed by atoms with van der Waals surface area (Å²) in [6.07, 6.45) is 0. The zero-order valence-corrected chi connectivity index (χ0v) is 10.3. The minimum Gasteiger partial charge on any atom is -0.368 e. The van der Waals surface area contributed by atoms with Gasteiger partial charge in [0.2, 0.25) is 5.95 Å². The number of hydrogen-bond acceptors (Lipinski definition) is 5. The van der Waals surface area contributed by atoms with E-state index in [-0.39, 0.29) is 5.95 Å². The molecule has 0 aliphatic heterocycles. The van der Waals surface area contributed by atoms with E-state index < -0.39 is 0 Å². The van der Waals surface area contributed by atoms with Crippen LogP contribution in [0.1, 0.15) is 5.56 Å². The Morgan fingerprint density at radius 2 is 2.31 bits per heavy atom. The van der Waals surface area contributed by atoms with Crippen molar-refractivity contribution in [3.8, 4) is 0 Å². The molecule has 0 saturated carbocycles. The van der Waals surface area contributed by atoms with E-state index in [1.165, 1.54) is 5.56 Å². The molecule has 0 aliphatic carbocycles. The van der Waals surface area contributed by atoms with Gasteiger partial charge < -0.3 is 10.6 Å². The first-order chi connectivity index (χ1) is 7.65. The largest absolute Gasteiger partial charge is 0.368 e. The van der Waals surface area contributed by atoms with E-state index in [1.54, 1.807) is 17.4 Å². The van der Waals surface area contributed by atoms with E-state index >= 15 is 0 Å². The SMILES string of the molecule is CN(Cc1ccsc1)c1cc(Cl)nc(N)n1. The van der Waals surface area contributed by atoms with Gasteiger partial charge in [0, 0.05) is 19.7 Å². The molecule has 0 amide bonds. The van der Waals surface area contributed by atoms with Gasteiger partial charge >= 0.3 is 0 Å². The molecule has 0 spiro atoms. The van der Waals surface area contributed by atoms with Crippen LogP contribution < -0.4 is 10.6 Å². The Morgan fingerprint density at radius 3 is 2.94 bits per heavy atom. The summed E-state index contributed by atoms with van der Waals surface area (Å²) in [4.78, 5) is 9.93. The van der Waals surface area contributed by atoms with Gasteiger partial charge in [-0.25, -0.2) is 4.98 Å². The molecule has 2 heterocycles. The van der Waals surface area contributed by atoms with Crippen LogP contribution in [0.3, 0.4) is 0 Å². The van der Waals surface area contributed by atoms with Gasteiger partial charge in [0.1, 0.15) is 11.0 Å². The van der Waals surface area contributed by atoms with Crippen molar-refractivity contribution in [2.24, 2.45) is 0 Å². The molecule has 2 rings (SSSR count). The van der Waals surface area contributed by atoms with E-state index in [9.17, 15) is 0 Å². The van der Waals surface area contributed by atoms with Gasteiger partial charge in [-0.15, -0.1) is 0 Å². The highest BCUT2D eigenvalue weighted by Crippen LogP contribution is 2.18. The third kappa shape index (κ3) is 2.62. The summed E-state index contributed by atoms with van der Waals surface area (Å²) in [7, 11) is 1.94. The Hall–Kier alpha value is -1.33. The fraction of sp³-hybridized carbons (Fsp3) is 0.200. The maximum absolute atomic E-state index is 5.82. The Kier molecular flexibility index (Phi) is 3.26. The van der Waals surface area contributed by atoms with Crippen LogP contribution >= 0.6 is 22.9 Å². The average molecular weight is 255 g/mol. The average Bonchev–Trinajstić information content (AvgIpc) is 2.68. The molecule has 0 radical (unpaired) electrons. The summed E-state index contributed by atoms with van der Waals surface area (Å²) in [6, 6.07) is 3.78. The summed E-state index contributed by atoms with van der Waals surface area (Å²) < 4.78 is 0. The molecular weight excluding hydrogens is 244 g/mol. The summed E-state index contributed by atoms with van der Waals surface area (Å²) in [5.41, 5.74) is 6.78. The van der Waals surface area contributed by atoms with Gasteiger partial charge in [-0.05, 0) is 22.4 Å². The lowest BCUT2D eigenvalue weighted by atomic mass is 10.3. The minimum absolute atomic E-state index is 0.194. The first kappa shape index (κ1) is 11.2. The van der Waals surface area contributed by atoms with Crippen molar-refractivity contribution in [3.63, 3.8) is 0 Å². The molecule has 2 N–H and O–H groups in total. The highest BCUT2D eigenvalue weighted by molar-refractivity contribution is 7.07. The van der Waals surface area contributed by atoms with Crippen molar-refractivity contribution < 1.29 is 0 Å². The number of anilines is 2. The summed E-state index contributed by atoms with van der Waals surface area (Å²) in [6.45, 7) is 0.774. The smallest absolute Gasteiger partial charge is 0.223 e. The number of nitrogen functional groups attached to an aromatic ring is 1. The lowest BCUT2D eigenvalue weighted by Gasteiger charge is -2.17. The fourth-order valence-corrected chi connectivity index (χ4v) is 2.20. The van der Waals surface area contributed by atoms with E-state index in [0.29, 0.717) is 5.15 Å². The summed E-state index contributed by atoms with van der Waals surface area (Å²) in [5.74, 6) is 0.920. The van der Waals surface area contributed by atoms with Crippen LogP contribution in [0.2, 0.25) is 5.15 Å². The molecule has 0 unspecified atom stereocenters. The van der Waals surface area contributed by atoms with Gasteiger partial charge in [0.15, 0.2) is 0 Å². The number of nitrogens with two attached hydrogens (primary N) is 1. The van der Waals surface area contributed by atoms with Gasteiger partial charge in [-0.3, -0.25) is 0 Å². The maximum Gasteiger partial charge on any atom is 0.223 e. The lowest BCUT2D eigenvalue weighted by Crippen LogP contribution is -2.18. The van der Waals surface area contributed by atoms with E-state index in [2.05, 4.69) is 21.4 Å². The number of rotatable bonds is 3. The molecule has 0 atom stereocenters. The Bertz CT molecular complexity index is 451. The number of aromatic nitrogens is 2. The molecule has 4 nitrogen and oxygen atoms in total. The highest BCUT2D eigenvalue weighted by atomic mass is 35.5. The molecule has 2 aromatic heterocycles. The van der Waals surface area contributed by atoms with E-state index in [1.807, 2.05) is 17.3 Å². The fourth-order valence-electron chi connectivity index (χ4n) is 1.36. The zero-order chi connectivity index (χ0) is 11.5. The molecule has 84 valence electrons. The van der Waals surface area contributed by atoms with Crippen molar-refractivity contribution in [1.29, 1.82) is 0 Å². The quantitative estimate of drug-likeness (QED) is 0.855. The Morgan fingerprint density at radius 1 is 1.50 bits per heavy atom. The number of halogens is 1. The Labute approximate surface area is 103 Å². The van der Waals surface area contributed by atoms with E-state index in [0.717, 1.165) is 12.4 Å². The van der Waals surface area contributed by atoms with Gasteiger partial charge in [0.25, 0.3) is 0 Å². The third-order valence-corrected chi connectivity index (χ3v) is 3.02. The maximum atomic E-state index is 5.82. The van der Waals surface area contributed by atoms with Crippen LogP contribution in [-0.4, -0.2) is 17.0 Å². The van der Waals surface area contributed by atoms with Crippen molar-refractivity contribution in [2.75, 3.05) is 17.7 Å². The molecule has 0 aromatic carbocycles. The lowest BCUT2D eigenvalue weighted by molar-refractivity contribution is 0.897. The second-order valence-corrected chi connectivity index (χ2v) is 4.56. The van der Waals surface area contributed by atoms with Crippen LogP contribution in [0.25, 0.3) is 0 Å². The summed E-state index contributed by atoms with van der Waals surface area (Å²) in [5, 5.41) is 4.51. The van der Waals surface area contributed by atoms with Crippen molar-refractivity contribution in [1.82, 2.24) is 9.97 Å². The third-order valence-electron chi connectivity index (χ3n) is 2.09. The van der Waals surface area contributed by atoms with Crippen LogP contribution in [-0.2, 0) is 6.54 Å². The Balaban J connectivity index is 2.17. The first-order valence-electron chi connectivity index (χ1n) is 4.67. The van der Waals surface area contributed by atoms with Crippen LogP contribution in [0.15, 0.2) is 22.9 Å². The van der Waals surface area contributed by atoms with Crippen LogP contribution in [0.4, 0.5) is 11.8 Å². The van der Waals surface area contributed by atoms with Crippen molar-refractivity contribution >= 4 is 34.7 Å². The monoisotopic (exact) mass is 254 g/mol. The predicted molar refractivity (Wildman–Crippen MR) is 67.9 cm³/mol. The second kappa shape index (κ2) is 4.67. The number of nitrogens with zero attached hydrogens (tertiary/aromatic N) is 3. The van der Waals surface area contributed by atoms with Gasteiger partial charge in [-0.1, -0.05) is 11.6 Å². The standard InChI is InChI=1S/C10H11ClN4S/c1-15(5-7-2-3-16-6-7)9-4-8(11)13-10(12)14-9/h2-4,6H,5H2,1H3,(H2,12,13,14). The molecule has 0 fully saturated rings. The molecule has 0 aliphatic rings. The molecule has 0 saturated heterocycles. The van der Waals surface area contributed by atoms with Crippen molar-refractivity contribution in [2.45, 2.75) is 6.54 Å². The zero-order valence-electron chi connectivity index (χ0n) is 8.72. The normalized spacial score (nSPS) is 10.4. The summed E-state index contributed by atoms with van der Waals surface area (Å²) >= 11 is 7.49. The van der Waals surface area contributed by atoms with Crippen LogP contribution in [0.5, 0.6) is 0 Å². The molecular formula is C10H11ClN4S. The topological polar surface area (TPSA) is 55.0 Å². The molecule has 6 heteroatoms.